The number of benzene rings is 1. The summed E-state index contributed by atoms with van der Waals surface area (Å²) < 4.78 is 44.5. The van der Waals surface area contributed by atoms with Crippen molar-refractivity contribution in [1.29, 1.82) is 0 Å². The maximum absolute atomic E-state index is 13.1. The van der Waals surface area contributed by atoms with Gasteiger partial charge in [0.25, 0.3) is 0 Å². The number of thiocarbonyl (C=S) groups is 1. The minimum atomic E-state index is -4.41. The predicted octanol–water partition coefficient (Wildman–Crippen LogP) is 3.27. The van der Waals surface area contributed by atoms with Gasteiger partial charge in [0.1, 0.15) is 0 Å². The number of hydrogen-bond acceptors (Lipinski definition) is 4. The second kappa shape index (κ2) is 6.45. The first kappa shape index (κ1) is 15.1. The Labute approximate surface area is 120 Å². The third-order valence-electron chi connectivity index (χ3n) is 3.07. The van der Waals surface area contributed by atoms with Crippen molar-refractivity contribution in [2.24, 2.45) is 4.99 Å². The lowest BCUT2D eigenvalue weighted by atomic mass is 10.1. The Morgan fingerprint density at radius 2 is 2.00 bits per heavy atom. The maximum atomic E-state index is 13.1. The SMILES string of the molecule is FC(F)(F)c1cc(N=C=S)ccc1CN1CCOCC1. The highest BCUT2D eigenvalue weighted by Gasteiger charge is 2.34. The third kappa shape index (κ3) is 3.86. The molecule has 1 aromatic carbocycles. The number of morpholine rings is 1. The molecule has 0 amide bonds. The fourth-order valence-electron chi connectivity index (χ4n) is 2.09. The van der Waals surface area contributed by atoms with Gasteiger partial charge in [-0.05, 0) is 29.9 Å². The molecule has 0 bridgehead atoms. The van der Waals surface area contributed by atoms with Gasteiger partial charge in [-0.25, -0.2) is 0 Å². The molecule has 7 heteroatoms. The number of halogens is 3. The van der Waals surface area contributed by atoms with E-state index in [1.165, 1.54) is 12.1 Å². The fourth-order valence-corrected chi connectivity index (χ4v) is 2.19. The van der Waals surface area contributed by atoms with Crippen LogP contribution in [0.2, 0.25) is 0 Å². The Balaban J connectivity index is 2.28. The van der Waals surface area contributed by atoms with Crippen molar-refractivity contribution in [2.45, 2.75) is 12.7 Å². The minimum absolute atomic E-state index is 0.165. The number of isothiocyanates is 1. The van der Waals surface area contributed by atoms with Crippen LogP contribution < -0.4 is 0 Å². The second-order valence-electron chi connectivity index (χ2n) is 4.43. The van der Waals surface area contributed by atoms with E-state index in [1.807, 2.05) is 4.90 Å². The predicted molar refractivity (Wildman–Crippen MR) is 72.2 cm³/mol. The number of aliphatic imine (C=N–C) groups is 1. The zero-order valence-corrected chi connectivity index (χ0v) is 11.4. The molecule has 1 saturated heterocycles. The average Bonchev–Trinajstić information content (AvgIpc) is 2.41. The molecule has 20 heavy (non-hydrogen) atoms. The molecule has 1 fully saturated rings. The molecule has 1 aliphatic heterocycles. The molecular weight excluding hydrogens is 289 g/mol. The van der Waals surface area contributed by atoms with E-state index >= 15 is 0 Å². The van der Waals surface area contributed by atoms with E-state index in [0.29, 0.717) is 26.3 Å². The molecule has 0 unspecified atom stereocenters. The second-order valence-corrected chi connectivity index (χ2v) is 4.61. The summed E-state index contributed by atoms with van der Waals surface area (Å²) in [5.74, 6) is 0. The summed E-state index contributed by atoms with van der Waals surface area (Å²) in [6, 6.07) is 3.98. The smallest absolute Gasteiger partial charge is 0.379 e. The van der Waals surface area contributed by atoms with E-state index in [-0.39, 0.29) is 17.8 Å². The topological polar surface area (TPSA) is 24.8 Å². The minimum Gasteiger partial charge on any atom is -0.379 e. The van der Waals surface area contributed by atoms with E-state index in [0.717, 1.165) is 6.07 Å². The van der Waals surface area contributed by atoms with Gasteiger partial charge in [0.15, 0.2) is 0 Å². The molecule has 1 aliphatic rings. The summed E-state index contributed by atoms with van der Waals surface area (Å²) >= 11 is 4.41. The molecule has 3 nitrogen and oxygen atoms in total. The van der Waals surface area contributed by atoms with E-state index < -0.39 is 11.7 Å². The van der Waals surface area contributed by atoms with Crippen LogP contribution in [0, 0.1) is 0 Å². The molecule has 0 N–H and O–H groups in total. The van der Waals surface area contributed by atoms with Gasteiger partial charge in [0.05, 0.1) is 29.6 Å². The fraction of sp³-hybridized carbons (Fsp3) is 0.462. The van der Waals surface area contributed by atoms with Gasteiger partial charge >= 0.3 is 6.18 Å². The van der Waals surface area contributed by atoms with Crippen molar-refractivity contribution < 1.29 is 17.9 Å². The van der Waals surface area contributed by atoms with Crippen molar-refractivity contribution in [3.8, 4) is 0 Å². The molecule has 0 saturated carbocycles. The zero-order valence-electron chi connectivity index (χ0n) is 10.6. The molecule has 0 spiro atoms. The molecule has 0 radical (unpaired) electrons. The summed E-state index contributed by atoms with van der Waals surface area (Å²) in [6.45, 7) is 2.62. The number of ether oxygens (including phenoxy) is 1. The average molecular weight is 302 g/mol. The Morgan fingerprint density at radius 1 is 1.30 bits per heavy atom. The van der Waals surface area contributed by atoms with Gasteiger partial charge in [0.2, 0.25) is 0 Å². The number of nitrogens with zero attached hydrogens (tertiary/aromatic N) is 2. The summed E-state index contributed by atoms with van der Waals surface area (Å²) in [6.07, 6.45) is -4.41. The number of rotatable bonds is 3. The van der Waals surface area contributed by atoms with Crippen LogP contribution in [0.25, 0.3) is 0 Å². The molecule has 0 atom stereocenters. The Morgan fingerprint density at radius 3 is 2.60 bits per heavy atom. The monoisotopic (exact) mass is 302 g/mol. The summed E-state index contributed by atoms with van der Waals surface area (Å²) in [4.78, 5) is 5.54. The number of hydrogen-bond donors (Lipinski definition) is 0. The van der Waals surface area contributed by atoms with Crippen molar-refractivity contribution >= 4 is 23.1 Å². The standard InChI is InChI=1S/C13H13F3N2OS/c14-13(15,16)12-7-11(17-9-20)2-1-10(12)8-18-3-5-19-6-4-18/h1-2,7H,3-6,8H2. The summed E-state index contributed by atoms with van der Waals surface area (Å²) in [5.41, 5.74) is -0.267. The van der Waals surface area contributed by atoms with Crippen LogP contribution in [0.1, 0.15) is 11.1 Å². The molecule has 1 aromatic rings. The first-order valence-corrected chi connectivity index (χ1v) is 6.49. The molecule has 108 valence electrons. The zero-order chi connectivity index (χ0) is 14.6. The molecule has 1 heterocycles. The van der Waals surface area contributed by atoms with Crippen molar-refractivity contribution in [3.05, 3.63) is 29.3 Å². The van der Waals surface area contributed by atoms with Crippen molar-refractivity contribution in [3.63, 3.8) is 0 Å². The lowest BCUT2D eigenvalue weighted by Crippen LogP contribution is -2.36. The Kier molecular flexibility index (Phi) is 4.88. The largest absolute Gasteiger partial charge is 0.416 e. The lowest BCUT2D eigenvalue weighted by Gasteiger charge is -2.27. The third-order valence-corrected chi connectivity index (χ3v) is 3.16. The summed E-state index contributed by atoms with van der Waals surface area (Å²) in [7, 11) is 0. The van der Waals surface area contributed by atoms with Crippen LogP contribution in [0.15, 0.2) is 23.2 Å². The summed E-state index contributed by atoms with van der Waals surface area (Å²) in [5, 5.41) is 2.08. The normalized spacial score (nSPS) is 16.8. The van der Waals surface area contributed by atoms with Crippen LogP contribution in [0.5, 0.6) is 0 Å². The van der Waals surface area contributed by atoms with Gasteiger partial charge in [-0.3, -0.25) is 4.90 Å². The van der Waals surface area contributed by atoms with E-state index in [4.69, 9.17) is 4.74 Å². The molecular formula is C13H13F3N2OS. The molecule has 2 rings (SSSR count). The first-order valence-electron chi connectivity index (χ1n) is 6.09. The lowest BCUT2D eigenvalue weighted by molar-refractivity contribution is -0.138. The quantitative estimate of drug-likeness (QED) is 0.633. The maximum Gasteiger partial charge on any atom is 0.416 e. The van der Waals surface area contributed by atoms with Crippen LogP contribution in [-0.2, 0) is 17.5 Å². The first-order chi connectivity index (χ1) is 9.50. The number of alkyl halides is 3. The van der Waals surface area contributed by atoms with Gasteiger partial charge < -0.3 is 4.74 Å². The van der Waals surface area contributed by atoms with Crippen LogP contribution in [-0.4, -0.2) is 36.4 Å². The van der Waals surface area contributed by atoms with Crippen LogP contribution in [0.4, 0.5) is 18.9 Å². The highest BCUT2D eigenvalue weighted by atomic mass is 32.1. The molecule has 0 aliphatic carbocycles. The van der Waals surface area contributed by atoms with Gasteiger partial charge in [0, 0.05) is 19.6 Å². The Hall–Kier alpha value is -1.27. The van der Waals surface area contributed by atoms with Gasteiger partial charge in [-0.15, -0.1) is 0 Å². The van der Waals surface area contributed by atoms with E-state index in [2.05, 4.69) is 22.4 Å². The van der Waals surface area contributed by atoms with E-state index in [1.54, 1.807) is 0 Å². The van der Waals surface area contributed by atoms with Crippen LogP contribution in [0.3, 0.4) is 0 Å². The van der Waals surface area contributed by atoms with Crippen molar-refractivity contribution in [1.82, 2.24) is 4.90 Å². The van der Waals surface area contributed by atoms with Crippen LogP contribution >= 0.6 is 12.2 Å². The van der Waals surface area contributed by atoms with Gasteiger partial charge in [-0.2, -0.15) is 18.2 Å². The highest BCUT2D eigenvalue weighted by molar-refractivity contribution is 7.78. The Bertz CT molecular complexity index is 521. The molecule has 0 aromatic heterocycles. The van der Waals surface area contributed by atoms with E-state index in [9.17, 15) is 13.2 Å². The highest BCUT2D eigenvalue weighted by Crippen LogP contribution is 2.35. The van der Waals surface area contributed by atoms with Gasteiger partial charge in [-0.1, -0.05) is 6.07 Å². The van der Waals surface area contributed by atoms with Crippen molar-refractivity contribution in [2.75, 3.05) is 26.3 Å².